The third-order valence-corrected chi connectivity index (χ3v) is 6.02. The van der Waals surface area contributed by atoms with Crippen LogP contribution < -0.4 is 0 Å². The second-order valence-corrected chi connectivity index (χ2v) is 7.05. The Bertz CT molecular complexity index is 386. The number of ether oxygens (including phenoxy) is 1. The number of benzene rings is 1. The smallest absolute Gasteiger partial charge is 0.0579 e. The average molecular weight is 441 g/mol. The molecule has 0 saturated heterocycles. The van der Waals surface area contributed by atoms with Crippen molar-refractivity contribution >= 4 is 47.8 Å². The molecule has 1 saturated carbocycles. The lowest BCUT2D eigenvalue weighted by Crippen LogP contribution is -2.36. The fourth-order valence-corrected chi connectivity index (χ4v) is 4.17. The third-order valence-electron chi connectivity index (χ3n) is 3.38. The molecule has 2 rings (SSSR count). The van der Waals surface area contributed by atoms with Crippen LogP contribution in [0.3, 0.4) is 0 Å². The van der Waals surface area contributed by atoms with E-state index in [1.807, 2.05) is 0 Å². The van der Waals surface area contributed by atoms with E-state index in [9.17, 15) is 0 Å². The van der Waals surface area contributed by atoms with Gasteiger partial charge in [-0.1, -0.05) is 59.9 Å². The van der Waals surface area contributed by atoms with Crippen LogP contribution >= 0.6 is 47.8 Å². The van der Waals surface area contributed by atoms with Gasteiger partial charge < -0.3 is 4.74 Å². The standard InChI is InChI=1S/C14H17Br3O/c15-8-14(9-16,10-18-7-11-4-5-11)12-2-1-3-13(17)6-12/h1-3,6,11H,4-5,7-10H2. The highest BCUT2D eigenvalue weighted by molar-refractivity contribution is 9.10. The predicted molar refractivity (Wildman–Crippen MR) is 87.0 cm³/mol. The Hall–Kier alpha value is 0.620. The number of hydrogen-bond donors (Lipinski definition) is 0. The monoisotopic (exact) mass is 438 g/mol. The van der Waals surface area contributed by atoms with E-state index in [2.05, 4.69) is 72.1 Å². The molecule has 1 aromatic carbocycles. The lowest BCUT2D eigenvalue weighted by Gasteiger charge is -2.30. The topological polar surface area (TPSA) is 9.23 Å². The first-order valence-electron chi connectivity index (χ1n) is 6.16. The van der Waals surface area contributed by atoms with Gasteiger partial charge in [0.05, 0.1) is 6.61 Å². The lowest BCUT2D eigenvalue weighted by molar-refractivity contribution is 0.0904. The molecular weight excluding hydrogens is 424 g/mol. The van der Waals surface area contributed by atoms with Crippen LogP contribution in [0.15, 0.2) is 28.7 Å². The van der Waals surface area contributed by atoms with Crippen LogP contribution in [0.25, 0.3) is 0 Å². The first-order chi connectivity index (χ1) is 8.70. The number of alkyl halides is 2. The second kappa shape index (κ2) is 6.87. The van der Waals surface area contributed by atoms with Gasteiger partial charge in [-0.05, 0) is 36.5 Å². The van der Waals surface area contributed by atoms with Crippen LogP contribution in [0.5, 0.6) is 0 Å². The Morgan fingerprint density at radius 3 is 2.50 bits per heavy atom. The molecule has 0 bridgehead atoms. The van der Waals surface area contributed by atoms with Gasteiger partial charge in [-0.15, -0.1) is 0 Å². The summed E-state index contributed by atoms with van der Waals surface area (Å²) in [7, 11) is 0. The Morgan fingerprint density at radius 2 is 1.94 bits per heavy atom. The average Bonchev–Trinajstić information content (AvgIpc) is 3.19. The fraction of sp³-hybridized carbons (Fsp3) is 0.571. The first kappa shape index (κ1) is 15.0. The van der Waals surface area contributed by atoms with Gasteiger partial charge in [-0.2, -0.15) is 0 Å². The lowest BCUT2D eigenvalue weighted by atomic mass is 9.85. The van der Waals surface area contributed by atoms with Crippen molar-refractivity contribution in [3.63, 3.8) is 0 Å². The van der Waals surface area contributed by atoms with E-state index in [4.69, 9.17) is 4.74 Å². The van der Waals surface area contributed by atoms with Crippen molar-refractivity contribution in [1.29, 1.82) is 0 Å². The molecule has 4 heteroatoms. The molecule has 0 radical (unpaired) electrons. The maximum absolute atomic E-state index is 5.92. The summed E-state index contributed by atoms with van der Waals surface area (Å²) in [5.41, 5.74) is 1.32. The van der Waals surface area contributed by atoms with E-state index in [0.717, 1.165) is 34.3 Å². The summed E-state index contributed by atoms with van der Waals surface area (Å²) in [4.78, 5) is 0. The molecule has 0 amide bonds. The zero-order valence-electron chi connectivity index (χ0n) is 10.2. The van der Waals surface area contributed by atoms with Crippen molar-refractivity contribution in [2.45, 2.75) is 18.3 Å². The van der Waals surface area contributed by atoms with Gasteiger partial charge in [-0.3, -0.25) is 0 Å². The van der Waals surface area contributed by atoms with Crippen LogP contribution in [-0.2, 0) is 10.2 Å². The molecule has 0 aromatic heterocycles. The summed E-state index contributed by atoms with van der Waals surface area (Å²) in [6.07, 6.45) is 2.68. The normalized spacial score (nSPS) is 15.9. The minimum absolute atomic E-state index is 0.0126. The third kappa shape index (κ3) is 3.81. The molecular formula is C14H17Br3O. The minimum atomic E-state index is 0.0126. The molecule has 100 valence electrons. The predicted octanol–water partition coefficient (Wildman–Crippen LogP) is 4.90. The van der Waals surface area contributed by atoms with E-state index >= 15 is 0 Å². The summed E-state index contributed by atoms with van der Waals surface area (Å²) >= 11 is 10.8. The SMILES string of the molecule is BrCC(CBr)(COCC1CC1)c1cccc(Br)c1. The van der Waals surface area contributed by atoms with Crippen molar-refractivity contribution in [3.8, 4) is 0 Å². The molecule has 1 nitrogen and oxygen atoms in total. The molecule has 0 heterocycles. The quantitative estimate of drug-likeness (QED) is 0.548. The van der Waals surface area contributed by atoms with E-state index in [-0.39, 0.29) is 5.41 Å². The largest absolute Gasteiger partial charge is 0.380 e. The summed E-state index contributed by atoms with van der Waals surface area (Å²) in [6, 6.07) is 8.50. The molecule has 1 aromatic rings. The maximum Gasteiger partial charge on any atom is 0.0579 e. The van der Waals surface area contributed by atoms with Gasteiger partial charge in [0.2, 0.25) is 0 Å². The number of rotatable bonds is 7. The van der Waals surface area contributed by atoms with E-state index in [1.54, 1.807) is 0 Å². The van der Waals surface area contributed by atoms with Crippen molar-refractivity contribution in [1.82, 2.24) is 0 Å². The molecule has 0 N–H and O–H groups in total. The summed E-state index contributed by atoms with van der Waals surface area (Å²) in [5.74, 6) is 0.816. The second-order valence-electron chi connectivity index (χ2n) is 5.02. The Kier molecular flexibility index (Phi) is 5.73. The Morgan fingerprint density at radius 1 is 1.22 bits per heavy atom. The number of hydrogen-bond acceptors (Lipinski definition) is 1. The van der Waals surface area contributed by atoms with Gasteiger partial charge >= 0.3 is 0 Å². The summed E-state index contributed by atoms with van der Waals surface area (Å²) < 4.78 is 7.04. The molecule has 1 aliphatic rings. The Labute approximate surface area is 134 Å². The molecule has 1 fully saturated rings. The van der Waals surface area contributed by atoms with Gasteiger partial charge in [0.1, 0.15) is 0 Å². The zero-order chi connectivity index (χ0) is 13.0. The summed E-state index contributed by atoms with van der Waals surface area (Å²) in [5, 5.41) is 1.79. The minimum Gasteiger partial charge on any atom is -0.380 e. The van der Waals surface area contributed by atoms with Crippen LogP contribution in [0.2, 0.25) is 0 Å². The van der Waals surface area contributed by atoms with Gasteiger partial charge in [0, 0.05) is 27.2 Å². The van der Waals surface area contributed by atoms with Crippen molar-refractivity contribution in [2.75, 3.05) is 23.9 Å². The molecule has 1 aliphatic carbocycles. The van der Waals surface area contributed by atoms with E-state index in [0.29, 0.717) is 0 Å². The molecule has 18 heavy (non-hydrogen) atoms. The van der Waals surface area contributed by atoms with Crippen LogP contribution in [0, 0.1) is 5.92 Å². The van der Waals surface area contributed by atoms with Crippen molar-refractivity contribution < 1.29 is 4.74 Å². The highest BCUT2D eigenvalue weighted by Gasteiger charge is 2.32. The Balaban J connectivity index is 2.08. The summed E-state index contributed by atoms with van der Waals surface area (Å²) in [6.45, 7) is 1.67. The molecule has 0 spiro atoms. The van der Waals surface area contributed by atoms with Gasteiger partial charge in [0.15, 0.2) is 0 Å². The highest BCUT2D eigenvalue weighted by atomic mass is 79.9. The van der Waals surface area contributed by atoms with E-state index < -0.39 is 0 Å². The van der Waals surface area contributed by atoms with Crippen LogP contribution in [0.1, 0.15) is 18.4 Å². The molecule has 0 aliphatic heterocycles. The van der Waals surface area contributed by atoms with Gasteiger partial charge in [-0.25, -0.2) is 0 Å². The van der Waals surface area contributed by atoms with E-state index in [1.165, 1.54) is 18.4 Å². The fourth-order valence-electron chi connectivity index (χ4n) is 1.87. The highest BCUT2D eigenvalue weighted by Crippen LogP contribution is 2.33. The van der Waals surface area contributed by atoms with Crippen molar-refractivity contribution in [2.24, 2.45) is 5.92 Å². The van der Waals surface area contributed by atoms with Crippen LogP contribution in [-0.4, -0.2) is 23.9 Å². The molecule has 0 unspecified atom stereocenters. The molecule has 0 atom stereocenters. The first-order valence-corrected chi connectivity index (χ1v) is 9.19. The van der Waals surface area contributed by atoms with Crippen molar-refractivity contribution in [3.05, 3.63) is 34.3 Å². The van der Waals surface area contributed by atoms with Crippen LogP contribution in [0.4, 0.5) is 0 Å². The zero-order valence-corrected chi connectivity index (χ0v) is 14.9. The van der Waals surface area contributed by atoms with Gasteiger partial charge in [0.25, 0.3) is 0 Å². The maximum atomic E-state index is 5.92. The number of halogens is 3.